The van der Waals surface area contributed by atoms with Crippen LogP contribution in [0.3, 0.4) is 0 Å². The van der Waals surface area contributed by atoms with E-state index < -0.39 is 11.7 Å². The van der Waals surface area contributed by atoms with Crippen molar-refractivity contribution < 1.29 is 18.4 Å². The van der Waals surface area contributed by atoms with Crippen molar-refractivity contribution in [3.05, 3.63) is 29.8 Å². The molecule has 0 bridgehead atoms. The third-order valence-electron chi connectivity index (χ3n) is 2.26. The molecule has 0 radical (unpaired) electrons. The lowest BCUT2D eigenvalue weighted by atomic mass is 10.2. The summed E-state index contributed by atoms with van der Waals surface area (Å²) in [6.07, 6.45) is -4.39. The molecule has 4 nitrogen and oxygen atoms in total. The number of guanidine groups is 1. The molecule has 100 valence electrons. The Kier molecular flexibility index (Phi) is 4.58. The zero-order valence-corrected chi connectivity index (χ0v) is 10.8. The number of hydroxylamine groups is 2. The molecule has 8 heteroatoms. The summed E-state index contributed by atoms with van der Waals surface area (Å²) >= 11 is 0. The topological polar surface area (TPSA) is 47.9 Å². The molecule has 0 aromatic heterocycles. The van der Waals surface area contributed by atoms with E-state index in [-0.39, 0.29) is 28.6 Å². The average Bonchev–Trinajstić information content (AvgIpc) is 2.64. The van der Waals surface area contributed by atoms with Crippen molar-refractivity contribution in [1.82, 2.24) is 10.4 Å². The van der Waals surface area contributed by atoms with Crippen molar-refractivity contribution in [2.45, 2.75) is 6.18 Å². The zero-order valence-electron chi connectivity index (χ0n) is 9.11. The molecule has 1 heterocycles. The quantitative estimate of drug-likeness (QED) is 0.834. The lowest BCUT2D eigenvalue weighted by Crippen LogP contribution is -2.26. The van der Waals surface area contributed by atoms with E-state index in [0.717, 1.165) is 17.2 Å². The average molecular weight is 326 g/mol. The van der Waals surface area contributed by atoms with Gasteiger partial charge in [-0.3, -0.25) is 5.21 Å². The molecule has 2 rings (SSSR count). The SMILES string of the molecule is Br.ON1CCN/C1=N\c1cccc(C(F)(F)F)c1. The van der Waals surface area contributed by atoms with Crippen molar-refractivity contribution >= 4 is 28.6 Å². The molecular formula is C10H11BrF3N3O. The van der Waals surface area contributed by atoms with Gasteiger partial charge in [0.25, 0.3) is 0 Å². The summed E-state index contributed by atoms with van der Waals surface area (Å²) in [5.41, 5.74) is -0.620. The standard InChI is InChI=1S/C10H10F3N3O.BrH/c11-10(12,13)7-2-1-3-8(6-7)15-9-14-4-5-16(9)17;/h1-3,6,17H,4-5H2,(H,14,15);1H. The van der Waals surface area contributed by atoms with Crippen LogP contribution in [-0.4, -0.2) is 29.3 Å². The van der Waals surface area contributed by atoms with Gasteiger partial charge in [-0.15, -0.1) is 17.0 Å². The summed E-state index contributed by atoms with van der Waals surface area (Å²) in [7, 11) is 0. The molecule has 18 heavy (non-hydrogen) atoms. The minimum Gasteiger partial charge on any atom is -0.352 e. The molecule has 1 saturated heterocycles. The molecule has 0 saturated carbocycles. The molecule has 2 N–H and O–H groups in total. The maximum Gasteiger partial charge on any atom is 0.416 e. The molecular weight excluding hydrogens is 315 g/mol. The lowest BCUT2D eigenvalue weighted by Gasteiger charge is -2.09. The molecule has 1 fully saturated rings. The second-order valence-electron chi connectivity index (χ2n) is 3.53. The molecule has 0 spiro atoms. The monoisotopic (exact) mass is 325 g/mol. The number of hydrogen-bond donors (Lipinski definition) is 2. The highest BCUT2D eigenvalue weighted by molar-refractivity contribution is 8.93. The van der Waals surface area contributed by atoms with Gasteiger partial charge in [0.05, 0.1) is 17.8 Å². The summed E-state index contributed by atoms with van der Waals surface area (Å²) in [6, 6.07) is 4.62. The Balaban J connectivity index is 0.00000162. The van der Waals surface area contributed by atoms with Crippen LogP contribution < -0.4 is 5.32 Å². The fourth-order valence-electron chi connectivity index (χ4n) is 1.44. The van der Waals surface area contributed by atoms with Crippen LogP contribution in [0.1, 0.15) is 5.56 Å². The van der Waals surface area contributed by atoms with Crippen LogP contribution in [0.15, 0.2) is 29.3 Å². The van der Waals surface area contributed by atoms with Crippen LogP contribution >= 0.6 is 17.0 Å². The number of hydrogen-bond acceptors (Lipinski definition) is 2. The molecule has 1 aliphatic rings. The van der Waals surface area contributed by atoms with Crippen molar-refractivity contribution in [1.29, 1.82) is 0 Å². The molecule has 0 aliphatic carbocycles. The van der Waals surface area contributed by atoms with Crippen molar-refractivity contribution in [2.24, 2.45) is 4.99 Å². The second kappa shape index (κ2) is 5.57. The van der Waals surface area contributed by atoms with Gasteiger partial charge < -0.3 is 5.32 Å². The number of nitrogens with zero attached hydrogens (tertiary/aromatic N) is 2. The van der Waals surface area contributed by atoms with Crippen molar-refractivity contribution in [2.75, 3.05) is 13.1 Å². The highest BCUT2D eigenvalue weighted by Gasteiger charge is 2.30. The van der Waals surface area contributed by atoms with E-state index in [0.29, 0.717) is 13.1 Å². The number of nitrogens with one attached hydrogen (secondary N) is 1. The Morgan fingerprint density at radius 2 is 2.06 bits per heavy atom. The third-order valence-corrected chi connectivity index (χ3v) is 2.26. The number of alkyl halides is 3. The van der Waals surface area contributed by atoms with E-state index in [2.05, 4.69) is 10.3 Å². The van der Waals surface area contributed by atoms with Crippen LogP contribution in [0.2, 0.25) is 0 Å². The zero-order chi connectivity index (χ0) is 12.5. The minimum atomic E-state index is -4.39. The van der Waals surface area contributed by atoms with Crippen LogP contribution in [0.25, 0.3) is 0 Å². The van der Waals surface area contributed by atoms with Gasteiger partial charge in [0.2, 0.25) is 5.96 Å². The van der Waals surface area contributed by atoms with E-state index in [1.807, 2.05) is 0 Å². The number of aliphatic imine (C=N–C) groups is 1. The van der Waals surface area contributed by atoms with Gasteiger partial charge in [-0.2, -0.15) is 13.2 Å². The Morgan fingerprint density at radius 3 is 2.61 bits per heavy atom. The van der Waals surface area contributed by atoms with Crippen LogP contribution in [0.4, 0.5) is 18.9 Å². The number of benzene rings is 1. The van der Waals surface area contributed by atoms with Crippen LogP contribution in [0, 0.1) is 0 Å². The fraction of sp³-hybridized carbons (Fsp3) is 0.300. The normalized spacial score (nSPS) is 17.6. The fourth-order valence-corrected chi connectivity index (χ4v) is 1.44. The molecule has 0 unspecified atom stereocenters. The first-order valence-corrected chi connectivity index (χ1v) is 4.93. The first-order valence-electron chi connectivity index (χ1n) is 4.93. The first-order chi connectivity index (χ1) is 7.97. The maximum atomic E-state index is 12.4. The van der Waals surface area contributed by atoms with Gasteiger partial charge in [-0.05, 0) is 18.2 Å². The first kappa shape index (κ1) is 14.8. The van der Waals surface area contributed by atoms with Gasteiger partial charge in [0.15, 0.2) is 0 Å². The summed E-state index contributed by atoms with van der Waals surface area (Å²) in [5.74, 6) is 0.157. The largest absolute Gasteiger partial charge is 0.416 e. The molecule has 1 aromatic rings. The Bertz CT molecular complexity index is 450. The van der Waals surface area contributed by atoms with Gasteiger partial charge >= 0.3 is 6.18 Å². The minimum absolute atomic E-state index is 0. The summed E-state index contributed by atoms with van der Waals surface area (Å²) in [4.78, 5) is 3.89. The molecule has 0 amide bonds. The lowest BCUT2D eigenvalue weighted by molar-refractivity contribution is -0.137. The molecule has 1 aliphatic heterocycles. The van der Waals surface area contributed by atoms with Gasteiger partial charge in [-0.25, -0.2) is 10.1 Å². The van der Waals surface area contributed by atoms with Gasteiger partial charge in [0, 0.05) is 6.54 Å². The summed E-state index contributed by atoms with van der Waals surface area (Å²) < 4.78 is 37.3. The van der Waals surface area contributed by atoms with E-state index in [9.17, 15) is 18.4 Å². The molecule has 1 aromatic carbocycles. The Labute approximate surface area is 112 Å². The highest BCUT2D eigenvalue weighted by atomic mass is 79.9. The predicted octanol–water partition coefficient (Wildman–Crippen LogP) is 2.57. The Morgan fingerprint density at radius 1 is 1.33 bits per heavy atom. The van der Waals surface area contributed by atoms with Gasteiger partial charge in [-0.1, -0.05) is 6.07 Å². The molecule has 0 atom stereocenters. The summed E-state index contributed by atoms with van der Waals surface area (Å²) in [6.45, 7) is 0.867. The van der Waals surface area contributed by atoms with Crippen LogP contribution in [0.5, 0.6) is 0 Å². The van der Waals surface area contributed by atoms with E-state index in [1.54, 1.807) is 0 Å². The summed E-state index contributed by atoms with van der Waals surface area (Å²) in [5, 5.41) is 12.9. The van der Waals surface area contributed by atoms with Crippen molar-refractivity contribution in [3.63, 3.8) is 0 Å². The predicted molar refractivity (Wildman–Crippen MR) is 65.4 cm³/mol. The van der Waals surface area contributed by atoms with Crippen molar-refractivity contribution in [3.8, 4) is 0 Å². The number of halogens is 4. The third kappa shape index (κ3) is 3.36. The smallest absolute Gasteiger partial charge is 0.352 e. The highest BCUT2D eigenvalue weighted by Crippen LogP contribution is 2.31. The van der Waals surface area contributed by atoms with Crippen LogP contribution in [-0.2, 0) is 6.18 Å². The van der Waals surface area contributed by atoms with E-state index in [4.69, 9.17) is 0 Å². The number of rotatable bonds is 1. The Hall–Kier alpha value is -1.28. The van der Waals surface area contributed by atoms with E-state index >= 15 is 0 Å². The maximum absolute atomic E-state index is 12.4. The van der Waals surface area contributed by atoms with E-state index in [1.165, 1.54) is 12.1 Å². The second-order valence-corrected chi connectivity index (χ2v) is 3.53. The van der Waals surface area contributed by atoms with Gasteiger partial charge in [0.1, 0.15) is 0 Å².